The van der Waals surface area contributed by atoms with E-state index in [2.05, 4.69) is 42.5 Å². The monoisotopic (exact) mass is 606 g/mol. The van der Waals surface area contributed by atoms with Crippen LogP contribution >= 0.6 is 0 Å². The average molecular weight is 607 g/mol. The van der Waals surface area contributed by atoms with Crippen LogP contribution in [0.15, 0.2) is 85.5 Å². The second kappa shape index (κ2) is 25.7. The van der Waals surface area contributed by atoms with Gasteiger partial charge in [-0.15, -0.1) is 0 Å². The average Bonchev–Trinajstić information content (AvgIpc) is 3.35. The number of rotatable bonds is 18. The third kappa shape index (κ3) is 18.7. The van der Waals surface area contributed by atoms with Crippen LogP contribution in [-0.4, -0.2) is 47.4 Å². The summed E-state index contributed by atoms with van der Waals surface area (Å²) in [4.78, 5) is 33.0. The smallest absolute Gasteiger partial charge is 0.346 e. The molecule has 1 heterocycles. The minimum absolute atomic E-state index is 0.115. The second-order valence-corrected chi connectivity index (χ2v) is 10.3. The molecule has 0 saturated carbocycles. The number of esters is 3. The van der Waals surface area contributed by atoms with Crippen LogP contribution in [0.3, 0.4) is 0 Å². The fourth-order valence-electron chi connectivity index (χ4n) is 4.02. The molecule has 240 valence electrons. The van der Waals surface area contributed by atoms with Crippen molar-refractivity contribution < 1.29 is 34.1 Å². The highest BCUT2D eigenvalue weighted by Gasteiger charge is 2.28. The van der Waals surface area contributed by atoms with E-state index in [1.54, 1.807) is 24.3 Å². The molecule has 2 aromatic carbocycles. The number of aliphatic hydroxyl groups is 2. The van der Waals surface area contributed by atoms with Crippen LogP contribution in [0, 0.1) is 0 Å². The largest absolute Gasteiger partial charge is 0.463 e. The van der Waals surface area contributed by atoms with Crippen LogP contribution in [0.1, 0.15) is 110 Å². The van der Waals surface area contributed by atoms with Gasteiger partial charge >= 0.3 is 17.9 Å². The molecule has 44 heavy (non-hydrogen) atoms. The molecule has 1 unspecified atom stereocenters. The molecule has 7 heteroatoms. The lowest BCUT2D eigenvalue weighted by Gasteiger charge is -2.08. The highest BCUT2D eigenvalue weighted by atomic mass is 16.6. The zero-order valence-corrected chi connectivity index (χ0v) is 26.2. The van der Waals surface area contributed by atoms with Gasteiger partial charge in [-0.2, -0.15) is 0 Å². The number of fused-ring (bicyclic) bond motifs is 1. The Kier molecular flexibility index (Phi) is 22.3. The van der Waals surface area contributed by atoms with Gasteiger partial charge in [-0.05, 0) is 56.2 Å². The van der Waals surface area contributed by atoms with Crippen molar-refractivity contribution in [3.05, 3.63) is 102 Å². The first-order valence-corrected chi connectivity index (χ1v) is 15.7. The van der Waals surface area contributed by atoms with Gasteiger partial charge < -0.3 is 19.7 Å². The Labute approximate surface area is 263 Å². The van der Waals surface area contributed by atoms with E-state index in [4.69, 9.17) is 14.9 Å². The molecule has 3 rings (SSSR count). The van der Waals surface area contributed by atoms with E-state index in [0.717, 1.165) is 32.1 Å². The molecule has 1 aliphatic rings. The van der Waals surface area contributed by atoms with Gasteiger partial charge in [-0.1, -0.05) is 118 Å². The van der Waals surface area contributed by atoms with Crippen LogP contribution in [0.4, 0.5) is 0 Å². The number of aliphatic hydroxyl groups excluding tert-OH is 2. The van der Waals surface area contributed by atoms with Crippen molar-refractivity contribution in [1.29, 1.82) is 0 Å². The predicted molar refractivity (Wildman–Crippen MR) is 176 cm³/mol. The van der Waals surface area contributed by atoms with Crippen molar-refractivity contribution >= 4 is 24.0 Å². The van der Waals surface area contributed by atoms with E-state index >= 15 is 0 Å². The SMILES string of the molecule is C=Cc1ccccc1.CCCCC/C=C\C/C=C\CCCCCCCC(=O)OCC(O)CO.O=C1OC(=O)c2ccccc21. The first-order valence-electron chi connectivity index (χ1n) is 15.7. The van der Waals surface area contributed by atoms with E-state index in [0.29, 0.717) is 17.5 Å². The van der Waals surface area contributed by atoms with Crippen LogP contribution in [0.5, 0.6) is 0 Å². The van der Waals surface area contributed by atoms with Crippen molar-refractivity contribution in [2.75, 3.05) is 13.2 Å². The van der Waals surface area contributed by atoms with E-state index in [1.807, 2.05) is 36.4 Å². The molecule has 0 amide bonds. The molecule has 2 aromatic rings. The summed E-state index contributed by atoms with van der Waals surface area (Å²) < 4.78 is 9.20. The molecule has 1 aliphatic heterocycles. The van der Waals surface area contributed by atoms with Crippen molar-refractivity contribution in [1.82, 2.24) is 0 Å². The number of ether oxygens (including phenoxy) is 2. The maximum Gasteiger partial charge on any atom is 0.346 e. The van der Waals surface area contributed by atoms with Gasteiger partial charge in [0.25, 0.3) is 0 Å². The Bertz CT molecular complexity index is 1100. The molecule has 0 saturated heterocycles. The Balaban J connectivity index is 0.000000407. The van der Waals surface area contributed by atoms with Crippen molar-refractivity contribution in [3.8, 4) is 0 Å². The zero-order valence-electron chi connectivity index (χ0n) is 26.2. The molecular formula is C37H50O7. The van der Waals surface area contributed by atoms with Gasteiger partial charge in [0.1, 0.15) is 12.7 Å². The van der Waals surface area contributed by atoms with Gasteiger partial charge in [0.05, 0.1) is 17.7 Å². The van der Waals surface area contributed by atoms with Gasteiger partial charge in [-0.3, -0.25) is 4.79 Å². The number of benzene rings is 2. The number of cyclic esters (lactones) is 2. The lowest BCUT2D eigenvalue weighted by Crippen LogP contribution is -2.21. The number of hydrogen-bond acceptors (Lipinski definition) is 7. The zero-order chi connectivity index (χ0) is 32.3. The van der Waals surface area contributed by atoms with E-state index in [-0.39, 0.29) is 19.2 Å². The number of carbonyl (C=O) groups is 3. The van der Waals surface area contributed by atoms with Crippen LogP contribution in [0.2, 0.25) is 0 Å². The summed E-state index contributed by atoms with van der Waals surface area (Å²) in [5.41, 5.74) is 1.89. The summed E-state index contributed by atoms with van der Waals surface area (Å²) in [6.45, 7) is 5.37. The van der Waals surface area contributed by atoms with Crippen molar-refractivity contribution in [2.24, 2.45) is 0 Å². The number of allylic oxidation sites excluding steroid dienone is 4. The van der Waals surface area contributed by atoms with Crippen LogP contribution < -0.4 is 0 Å². The third-order valence-corrected chi connectivity index (χ3v) is 6.57. The van der Waals surface area contributed by atoms with Crippen molar-refractivity contribution in [3.63, 3.8) is 0 Å². The fraction of sp³-hybridized carbons (Fsp3) is 0.432. The number of carbonyl (C=O) groups excluding carboxylic acids is 3. The molecular weight excluding hydrogens is 556 g/mol. The molecule has 2 N–H and O–H groups in total. The maximum absolute atomic E-state index is 11.4. The highest BCUT2D eigenvalue weighted by Crippen LogP contribution is 2.18. The Morgan fingerprint density at radius 2 is 1.36 bits per heavy atom. The highest BCUT2D eigenvalue weighted by molar-refractivity contribution is 6.14. The topological polar surface area (TPSA) is 110 Å². The molecule has 0 radical (unpaired) electrons. The van der Waals surface area contributed by atoms with Gasteiger partial charge in [0.15, 0.2) is 0 Å². The molecule has 1 atom stereocenters. The normalized spacial score (nSPS) is 12.5. The standard InChI is InChI=1S/C21H38O4.C8H4O3.C8H8/c1-2-3-4-5-6-7-8-9-10-11-12-13-14-15-16-17-21(24)25-19-20(23)18-22;9-7-5-3-1-2-4-6(5)8(10)11-7;1-2-8-6-4-3-5-7-8/h6-7,9-10,20,22-23H,2-5,8,11-19H2,1H3;1-4H;2-7H,1H2/b7-6-,10-9-;;. The lowest BCUT2D eigenvalue weighted by molar-refractivity contribution is -0.147. The molecule has 0 aliphatic carbocycles. The number of hydrogen-bond donors (Lipinski definition) is 2. The number of unbranched alkanes of at least 4 members (excludes halogenated alkanes) is 8. The summed E-state index contributed by atoms with van der Waals surface area (Å²) >= 11 is 0. The van der Waals surface area contributed by atoms with Crippen molar-refractivity contribution in [2.45, 2.75) is 90.1 Å². The quantitative estimate of drug-likeness (QED) is 0.0765. The molecule has 7 nitrogen and oxygen atoms in total. The summed E-state index contributed by atoms with van der Waals surface area (Å²) in [6.07, 6.45) is 23.0. The Hall–Kier alpha value is -3.81. The summed E-state index contributed by atoms with van der Waals surface area (Å²) in [5, 5.41) is 17.7. The van der Waals surface area contributed by atoms with Gasteiger partial charge in [0, 0.05) is 6.42 Å². The minimum Gasteiger partial charge on any atom is -0.463 e. The van der Waals surface area contributed by atoms with E-state index < -0.39 is 18.0 Å². The summed E-state index contributed by atoms with van der Waals surface area (Å²) in [7, 11) is 0. The predicted octanol–water partition coefficient (Wildman–Crippen LogP) is 8.02. The summed E-state index contributed by atoms with van der Waals surface area (Å²) in [6, 6.07) is 16.6. The fourth-order valence-corrected chi connectivity index (χ4v) is 4.02. The van der Waals surface area contributed by atoms with E-state index in [1.165, 1.54) is 44.1 Å². The third-order valence-electron chi connectivity index (χ3n) is 6.57. The molecule has 0 bridgehead atoms. The van der Waals surface area contributed by atoms with E-state index in [9.17, 15) is 14.4 Å². The first kappa shape index (κ1) is 38.2. The van der Waals surface area contributed by atoms with Crippen LogP contribution in [-0.2, 0) is 14.3 Å². The molecule has 0 spiro atoms. The molecule has 0 fully saturated rings. The van der Waals surface area contributed by atoms with Gasteiger partial charge in [-0.25, -0.2) is 9.59 Å². The minimum atomic E-state index is -0.964. The van der Waals surface area contributed by atoms with Gasteiger partial charge in [0.2, 0.25) is 0 Å². The second-order valence-electron chi connectivity index (χ2n) is 10.3. The lowest BCUT2D eigenvalue weighted by atomic mass is 10.1. The van der Waals surface area contributed by atoms with Crippen LogP contribution in [0.25, 0.3) is 6.08 Å². The Morgan fingerprint density at radius 3 is 1.91 bits per heavy atom. The first-order chi connectivity index (χ1) is 21.4. The maximum atomic E-state index is 11.4. The Morgan fingerprint density at radius 1 is 0.818 bits per heavy atom. The summed E-state index contributed by atoms with van der Waals surface area (Å²) in [5.74, 6) is -1.39. The molecule has 0 aromatic heterocycles.